The van der Waals surface area contributed by atoms with Crippen LogP contribution in [-0.4, -0.2) is 50.1 Å². The third-order valence-electron chi connectivity index (χ3n) is 6.92. The van der Waals surface area contributed by atoms with Gasteiger partial charge in [0, 0.05) is 12.1 Å². The molecule has 6 nitrogen and oxygen atoms in total. The van der Waals surface area contributed by atoms with Gasteiger partial charge in [-0.2, -0.15) is 30.6 Å². The largest absolute Gasteiger partial charge is 0.463 e. The van der Waals surface area contributed by atoms with Crippen molar-refractivity contribution in [3.05, 3.63) is 40.5 Å². The van der Waals surface area contributed by atoms with Crippen LogP contribution in [0, 0.1) is 11.8 Å². The van der Waals surface area contributed by atoms with E-state index in [2.05, 4.69) is 4.72 Å². The lowest BCUT2D eigenvalue weighted by molar-refractivity contribution is -0.138. The normalized spacial score (nSPS) is 29.7. The predicted molar refractivity (Wildman–Crippen MR) is 113 cm³/mol. The predicted octanol–water partition coefficient (Wildman–Crippen LogP) is 3.23. The number of carbonyl (C=O) groups is 1. The molecule has 1 heterocycles. The van der Waals surface area contributed by atoms with Crippen molar-refractivity contribution in [3.63, 3.8) is 0 Å². The number of ether oxygens (including phenoxy) is 1. The molecule has 0 radical (unpaired) electrons. The van der Waals surface area contributed by atoms with E-state index in [1.807, 2.05) is 18.2 Å². The van der Waals surface area contributed by atoms with E-state index in [-0.39, 0.29) is 24.3 Å². The van der Waals surface area contributed by atoms with Gasteiger partial charge in [-0.05, 0) is 74.1 Å². The standard InChI is InChI=1S/C22H27F3N2O4S/c1-3-31-20(28)14(2)8-15-4-5-16-10-18-6-7-19(11-17(16)9-15)21(18)12-27(13-22(23,24)25)32(29,30)26-21/h4-5,8-9,18-19,26H,3,6-7,10-13H2,1-2H3/b14-8+/t18-,19+,21-/m1/s1. The highest BCUT2D eigenvalue weighted by Gasteiger charge is 2.60. The summed E-state index contributed by atoms with van der Waals surface area (Å²) < 4.78 is 72.3. The number of nitrogens with one attached hydrogen (secondary N) is 1. The van der Waals surface area contributed by atoms with Crippen molar-refractivity contribution in [2.75, 3.05) is 19.7 Å². The van der Waals surface area contributed by atoms with Crippen molar-refractivity contribution in [1.29, 1.82) is 0 Å². The summed E-state index contributed by atoms with van der Waals surface area (Å²) in [4.78, 5) is 11.9. The van der Waals surface area contributed by atoms with Gasteiger partial charge in [0.05, 0.1) is 12.1 Å². The summed E-state index contributed by atoms with van der Waals surface area (Å²) in [6, 6.07) is 5.87. The molecule has 0 amide bonds. The Hall–Kier alpha value is -1.91. The summed E-state index contributed by atoms with van der Waals surface area (Å²) >= 11 is 0. The molecular weight excluding hydrogens is 445 g/mol. The van der Waals surface area contributed by atoms with Crippen molar-refractivity contribution in [1.82, 2.24) is 9.03 Å². The minimum absolute atomic E-state index is 0.0654. The zero-order valence-corrected chi connectivity index (χ0v) is 18.9. The fourth-order valence-electron chi connectivity index (χ4n) is 5.51. The number of hydrogen-bond acceptors (Lipinski definition) is 4. The van der Waals surface area contributed by atoms with Gasteiger partial charge < -0.3 is 4.74 Å². The number of benzene rings is 1. The number of nitrogens with zero attached hydrogens (tertiary/aromatic N) is 1. The Morgan fingerprint density at radius 1 is 1.25 bits per heavy atom. The highest BCUT2D eigenvalue weighted by Crippen LogP contribution is 2.50. The number of fused-ring (bicyclic) bond motifs is 1. The van der Waals surface area contributed by atoms with Crippen LogP contribution in [0.2, 0.25) is 0 Å². The van der Waals surface area contributed by atoms with E-state index in [1.165, 1.54) is 0 Å². The summed E-state index contributed by atoms with van der Waals surface area (Å²) in [6.45, 7) is 2.08. The Kier molecular flexibility index (Phi) is 5.92. The molecule has 3 atom stereocenters. The van der Waals surface area contributed by atoms with Crippen LogP contribution in [0.5, 0.6) is 0 Å². The maximum atomic E-state index is 13.0. The maximum Gasteiger partial charge on any atom is 0.402 e. The van der Waals surface area contributed by atoms with Crippen LogP contribution in [0.3, 0.4) is 0 Å². The maximum absolute atomic E-state index is 13.0. The van der Waals surface area contributed by atoms with Gasteiger partial charge in [-0.25, -0.2) is 4.79 Å². The molecule has 1 spiro atoms. The Bertz CT molecular complexity index is 1050. The second-order valence-corrected chi connectivity index (χ2v) is 10.7. The molecule has 176 valence electrons. The van der Waals surface area contributed by atoms with Gasteiger partial charge in [-0.1, -0.05) is 18.2 Å². The molecule has 1 aromatic rings. The van der Waals surface area contributed by atoms with E-state index in [0.717, 1.165) is 29.5 Å². The minimum Gasteiger partial charge on any atom is -0.463 e. The molecular formula is C22H27F3N2O4S. The van der Waals surface area contributed by atoms with Crippen molar-refractivity contribution in [2.45, 2.75) is 51.2 Å². The van der Waals surface area contributed by atoms with E-state index >= 15 is 0 Å². The Morgan fingerprint density at radius 2 is 1.91 bits per heavy atom. The second kappa shape index (κ2) is 8.14. The molecule has 1 saturated heterocycles. The monoisotopic (exact) mass is 472 g/mol. The quantitative estimate of drug-likeness (QED) is 0.539. The minimum atomic E-state index is -4.59. The molecule has 32 heavy (non-hydrogen) atoms. The van der Waals surface area contributed by atoms with Gasteiger partial charge in [-0.3, -0.25) is 0 Å². The number of halogens is 3. The molecule has 4 rings (SSSR count). The average Bonchev–Trinajstić information content (AvgIpc) is 3.06. The lowest BCUT2D eigenvalue weighted by Gasteiger charge is -2.33. The van der Waals surface area contributed by atoms with E-state index < -0.39 is 28.5 Å². The third kappa shape index (κ3) is 4.32. The number of alkyl halides is 3. The van der Waals surface area contributed by atoms with Crippen LogP contribution in [0.25, 0.3) is 6.08 Å². The number of esters is 1. The first kappa shape index (κ1) is 23.3. The number of carbonyl (C=O) groups excluding carboxylic acids is 1. The lowest BCUT2D eigenvalue weighted by atomic mass is 9.79. The first-order valence-electron chi connectivity index (χ1n) is 10.8. The average molecular weight is 473 g/mol. The lowest BCUT2D eigenvalue weighted by Crippen LogP contribution is -2.52. The van der Waals surface area contributed by atoms with Crippen molar-refractivity contribution in [2.24, 2.45) is 11.8 Å². The number of hydrogen-bond donors (Lipinski definition) is 1. The molecule has 1 N–H and O–H groups in total. The smallest absolute Gasteiger partial charge is 0.402 e. The molecule has 0 unspecified atom stereocenters. The Morgan fingerprint density at radius 3 is 2.53 bits per heavy atom. The number of rotatable bonds is 4. The van der Waals surface area contributed by atoms with Gasteiger partial charge in [0.25, 0.3) is 10.2 Å². The van der Waals surface area contributed by atoms with Crippen LogP contribution >= 0.6 is 0 Å². The summed E-state index contributed by atoms with van der Waals surface area (Å²) in [6.07, 6.45) is -0.126. The molecule has 1 aliphatic heterocycles. The SMILES string of the molecule is CCOC(=O)/C(C)=C/c1ccc2c(c1)C[C@@H]1CC[C@H](C2)[C@]12CN(CC(F)(F)F)S(=O)(=O)N2. The second-order valence-electron chi connectivity index (χ2n) is 8.99. The summed E-state index contributed by atoms with van der Waals surface area (Å²) in [5.41, 5.74) is 2.56. The van der Waals surface area contributed by atoms with Gasteiger partial charge in [0.1, 0.15) is 6.54 Å². The molecule has 3 aliphatic rings. The van der Waals surface area contributed by atoms with Gasteiger partial charge >= 0.3 is 12.1 Å². The van der Waals surface area contributed by atoms with Crippen molar-refractivity contribution in [3.8, 4) is 0 Å². The van der Waals surface area contributed by atoms with Gasteiger partial charge in [0.2, 0.25) is 0 Å². The molecule has 2 bridgehead atoms. The molecule has 1 saturated carbocycles. The molecule has 10 heteroatoms. The highest BCUT2D eigenvalue weighted by atomic mass is 32.2. The Labute approximate surface area is 186 Å². The van der Waals surface area contributed by atoms with E-state index in [0.29, 0.717) is 29.3 Å². The summed E-state index contributed by atoms with van der Waals surface area (Å²) in [5, 5.41) is 0. The first-order valence-corrected chi connectivity index (χ1v) is 12.2. The van der Waals surface area contributed by atoms with E-state index in [1.54, 1.807) is 19.9 Å². The molecule has 1 aromatic carbocycles. The summed E-state index contributed by atoms with van der Waals surface area (Å²) in [7, 11) is -4.19. The van der Waals surface area contributed by atoms with Crippen LogP contribution in [0.15, 0.2) is 23.8 Å². The first-order chi connectivity index (χ1) is 14.9. The highest BCUT2D eigenvalue weighted by molar-refractivity contribution is 7.87. The zero-order chi connectivity index (χ0) is 23.3. The Balaban J connectivity index is 1.62. The zero-order valence-electron chi connectivity index (χ0n) is 18.0. The third-order valence-corrected chi connectivity index (χ3v) is 8.49. The van der Waals surface area contributed by atoms with Crippen LogP contribution in [0.1, 0.15) is 43.4 Å². The van der Waals surface area contributed by atoms with Crippen LogP contribution in [-0.2, 0) is 32.6 Å². The molecule has 0 aromatic heterocycles. The van der Waals surface area contributed by atoms with E-state index in [4.69, 9.17) is 4.74 Å². The topological polar surface area (TPSA) is 75.7 Å². The van der Waals surface area contributed by atoms with Gasteiger partial charge in [-0.15, -0.1) is 0 Å². The van der Waals surface area contributed by atoms with Gasteiger partial charge in [0.15, 0.2) is 0 Å². The summed E-state index contributed by atoms with van der Waals surface area (Å²) in [5.74, 6) is -0.540. The molecule has 2 aliphatic carbocycles. The van der Waals surface area contributed by atoms with Crippen molar-refractivity contribution >= 4 is 22.3 Å². The van der Waals surface area contributed by atoms with Crippen molar-refractivity contribution < 1.29 is 31.1 Å². The van der Waals surface area contributed by atoms with Crippen LogP contribution < -0.4 is 4.72 Å². The molecule has 2 fully saturated rings. The fourth-order valence-corrected chi connectivity index (χ4v) is 7.22. The van der Waals surface area contributed by atoms with E-state index in [9.17, 15) is 26.4 Å². The fraction of sp³-hybridized carbons (Fsp3) is 0.591. The van der Waals surface area contributed by atoms with Crippen LogP contribution in [0.4, 0.5) is 13.2 Å².